The van der Waals surface area contributed by atoms with E-state index in [0.29, 0.717) is 11.6 Å². The molecule has 0 aliphatic heterocycles. The van der Waals surface area contributed by atoms with Gasteiger partial charge in [-0.05, 0) is 75.6 Å². The summed E-state index contributed by atoms with van der Waals surface area (Å²) in [5.41, 5.74) is 2.26. The molecule has 1 aliphatic carbocycles. The Hall–Kier alpha value is -2.54. The van der Waals surface area contributed by atoms with Crippen molar-refractivity contribution in [3.8, 4) is 11.4 Å². The van der Waals surface area contributed by atoms with Gasteiger partial charge in [0.2, 0.25) is 0 Å². The van der Waals surface area contributed by atoms with E-state index >= 15 is 0 Å². The van der Waals surface area contributed by atoms with E-state index in [1.807, 2.05) is 47.1 Å². The fourth-order valence-corrected chi connectivity index (χ4v) is 2.96. The quantitative estimate of drug-likeness (QED) is 0.745. The smallest absolute Gasteiger partial charge is 0.256 e. The summed E-state index contributed by atoms with van der Waals surface area (Å²) in [6.45, 7) is 0. The highest BCUT2D eigenvalue weighted by Gasteiger charge is 2.28. The molecule has 1 N–H and O–H groups in total. The van der Waals surface area contributed by atoms with E-state index in [0.717, 1.165) is 34.4 Å². The number of halogens is 1. The molecule has 24 heavy (non-hydrogen) atoms. The van der Waals surface area contributed by atoms with Gasteiger partial charge in [-0.2, -0.15) is 0 Å². The Morgan fingerprint density at radius 1 is 1.12 bits per heavy atom. The van der Waals surface area contributed by atoms with Gasteiger partial charge in [-0.25, -0.2) is 4.68 Å². The first-order chi connectivity index (χ1) is 11.7. The van der Waals surface area contributed by atoms with Gasteiger partial charge in [-0.1, -0.05) is 12.1 Å². The lowest BCUT2D eigenvalue weighted by atomic mass is 10.1. The summed E-state index contributed by atoms with van der Waals surface area (Å²) in [4.78, 5) is 12.3. The first-order valence-corrected chi connectivity index (χ1v) is 8.46. The lowest BCUT2D eigenvalue weighted by Crippen LogP contribution is -2.12. The lowest BCUT2D eigenvalue weighted by Gasteiger charge is -2.08. The van der Waals surface area contributed by atoms with Gasteiger partial charge in [0, 0.05) is 15.7 Å². The Morgan fingerprint density at radius 3 is 2.58 bits per heavy atom. The molecule has 0 unspecified atom stereocenters. The standard InChI is InChI=1S/C17H14BrN5O/c18-15-4-2-1-3-14(15)17(24)19-12-7-5-11(6-8-12)16-20-21-22-23(16)13-9-10-13/h1-8,13H,9-10H2,(H,19,24). The van der Waals surface area contributed by atoms with Crippen molar-refractivity contribution >= 4 is 27.5 Å². The summed E-state index contributed by atoms with van der Waals surface area (Å²) in [5.74, 6) is 0.610. The van der Waals surface area contributed by atoms with E-state index in [4.69, 9.17) is 0 Å². The van der Waals surface area contributed by atoms with Crippen LogP contribution in [0.1, 0.15) is 29.2 Å². The van der Waals surface area contributed by atoms with Crippen molar-refractivity contribution in [2.45, 2.75) is 18.9 Å². The molecule has 4 rings (SSSR count). The number of carbonyl (C=O) groups is 1. The Labute approximate surface area is 147 Å². The summed E-state index contributed by atoms with van der Waals surface area (Å²) in [7, 11) is 0. The van der Waals surface area contributed by atoms with Crippen LogP contribution in [0.4, 0.5) is 5.69 Å². The average Bonchev–Trinajstić information content (AvgIpc) is 3.33. The number of benzene rings is 2. The number of anilines is 1. The van der Waals surface area contributed by atoms with Gasteiger partial charge < -0.3 is 5.32 Å². The van der Waals surface area contributed by atoms with E-state index in [1.165, 1.54) is 0 Å². The Bertz CT molecular complexity index is 886. The molecule has 0 saturated heterocycles. The van der Waals surface area contributed by atoms with E-state index in [2.05, 4.69) is 36.8 Å². The van der Waals surface area contributed by atoms with Crippen LogP contribution in [0.25, 0.3) is 11.4 Å². The van der Waals surface area contributed by atoms with Crippen molar-refractivity contribution in [2.75, 3.05) is 5.32 Å². The molecule has 0 spiro atoms. The molecular formula is C17H14BrN5O. The highest BCUT2D eigenvalue weighted by molar-refractivity contribution is 9.10. The minimum atomic E-state index is -0.155. The van der Waals surface area contributed by atoms with Crippen molar-refractivity contribution in [3.63, 3.8) is 0 Å². The van der Waals surface area contributed by atoms with Crippen molar-refractivity contribution in [2.24, 2.45) is 0 Å². The fourth-order valence-electron chi connectivity index (χ4n) is 2.50. The van der Waals surface area contributed by atoms with Gasteiger partial charge in [-0.3, -0.25) is 4.79 Å². The number of hydrogen-bond acceptors (Lipinski definition) is 4. The van der Waals surface area contributed by atoms with Crippen LogP contribution in [0.5, 0.6) is 0 Å². The first kappa shape index (κ1) is 15.0. The summed E-state index contributed by atoms with van der Waals surface area (Å²) in [5, 5.41) is 14.8. The molecule has 0 radical (unpaired) electrons. The number of aromatic nitrogens is 4. The van der Waals surface area contributed by atoms with Gasteiger partial charge in [0.1, 0.15) is 0 Å². The minimum absolute atomic E-state index is 0.155. The van der Waals surface area contributed by atoms with Gasteiger partial charge in [0.05, 0.1) is 11.6 Å². The fraction of sp³-hybridized carbons (Fsp3) is 0.176. The highest BCUT2D eigenvalue weighted by atomic mass is 79.9. The molecule has 7 heteroatoms. The normalized spacial score (nSPS) is 13.7. The average molecular weight is 384 g/mol. The Kier molecular flexibility index (Phi) is 3.86. The van der Waals surface area contributed by atoms with Crippen LogP contribution in [0.2, 0.25) is 0 Å². The number of amides is 1. The maximum Gasteiger partial charge on any atom is 0.256 e. The van der Waals surface area contributed by atoms with E-state index < -0.39 is 0 Å². The molecule has 0 bridgehead atoms. The summed E-state index contributed by atoms with van der Waals surface area (Å²) in [6, 6.07) is 15.3. The molecule has 1 saturated carbocycles. The van der Waals surface area contributed by atoms with Crippen molar-refractivity contribution in [3.05, 3.63) is 58.6 Å². The summed E-state index contributed by atoms with van der Waals surface area (Å²) < 4.78 is 2.64. The van der Waals surface area contributed by atoms with Gasteiger partial charge >= 0.3 is 0 Å². The summed E-state index contributed by atoms with van der Waals surface area (Å²) >= 11 is 3.39. The SMILES string of the molecule is O=C(Nc1ccc(-c2nnnn2C2CC2)cc1)c1ccccc1Br. The zero-order chi connectivity index (χ0) is 16.5. The van der Waals surface area contributed by atoms with Crippen LogP contribution in [-0.2, 0) is 0 Å². The maximum absolute atomic E-state index is 12.3. The molecule has 1 fully saturated rings. The molecular weight excluding hydrogens is 370 g/mol. The Morgan fingerprint density at radius 2 is 1.88 bits per heavy atom. The molecule has 0 atom stereocenters. The zero-order valence-corrected chi connectivity index (χ0v) is 14.3. The molecule has 6 nitrogen and oxygen atoms in total. The number of hydrogen-bond donors (Lipinski definition) is 1. The zero-order valence-electron chi connectivity index (χ0n) is 12.7. The number of nitrogens with zero attached hydrogens (tertiary/aromatic N) is 4. The van der Waals surface area contributed by atoms with Crippen LogP contribution in [-0.4, -0.2) is 26.1 Å². The van der Waals surface area contributed by atoms with Crippen molar-refractivity contribution in [1.82, 2.24) is 20.2 Å². The van der Waals surface area contributed by atoms with E-state index in [9.17, 15) is 4.79 Å². The van der Waals surface area contributed by atoms with E-state index in [1.54, 1.807) is 6.07 Å². The maximum atomic E-state index is 12.3. The molecule has 1 aliphatic rings. The largest absolute Gasteiger partial charge is 0.322 e. The number of rotatable bonds is 4. The number of carbonyl (C=O) groups excluding carboxylic acids is 1. The van der Waals surface area contributed by atoms with Crippen molar-refractivity contribution in [1.29, 1.82) is 0 Å². The highest BCUT2D eigenvalue weighted by Crippen LogP contribution is 2.36. The van der Waals surface area contributed by atoms with E-state index in [-0.39, 0.29) is 5.91 Å². The molecule has 1 heterocycles. The first-order valence-electron chi connectivity index (χ1n) is 7.66. The molecule has 120 valence electrons. The predicted octanol–water partition coefficient (Wildman–Crippen LogP) is 3.69. The van der Waals surface area contributed by atoms with Crippen LogP contribution in [0.15, 0.2) is 53.0 Å². The monoisotopic (exact) mass is 383 g/mol. The summed E-state index contributed by atoms with van der Waals surface area (Å²) in [6.07, 6.45) is 2.25. The lowest BCUT2D eigenvalue weighted by molar-refractivity contribution is 0.102. The van der Waals surface area contributed by atoms with Gasteiger partial charge in [0.15, 0.2) is 5.82 Å². The van der Waals surface area contributed by atoms with Crippen LogP contribution in [0, 0.1) is 0 Å². The third kappa shape index (κ3) is 2.94. The molecule has 1 aromatic heterocycles. The van der Waals surface area contributed by atoms with Crippen molar-refractivity contribution < 1.29 is 4.79 Å². The predicted molar refractivity (Wildman–Crippen MR) is 93.6 cm³/mol. The second-order valence-electron chi connectivity index (χ2n) is 5.69. The van der Waals surface area contributed by atoms with Gasteiger partial charge in [0.25, 0.3) is 5.91 Å². The minimum Gasteiger partial charge on any atom is -0.322 e. The van der Waals surface area contributed by atoms with Crippen LogP contribution in [0.3, 0.4) is 0 Å². The third-order valence-corrected chi connectivity index (χ3v) is 4.60. The molecule has 2 aromatic carbocycles. The second-order valence-corrected chi connectivity index (χ2v) is 6.54. The number of nitrogens with one attached hydrogen (secondary N) is 1. The number of tetrazole rings is 1. The van der Waals surface area contributed by atoms with Crippen LogP contribution >= 0.6 is 15.9 Å². The Balaban J connectivity index is 1.53. The molecule has 3 aromatic rings. The van der Waals surface area contributed by atoms with Crippen LogP contribution < -0.4 is 5.32 Å². The topological polar surface area (TPSA) is 72.7 Å². The van der Waals surface area contributed by atoms with Gasteiger partial charge in [-0.15, -0.1) is 5.10 Å². The molecule has 1 amide bonds. The third-order valence-electron chi connectivity index (χ3n) is 3.91. The second kappa shape index (κ2) is 6.16.